The van der Waals surface area contributed by atoms with Gasteiger partial charge in [0.1, 0.15) is 0 Å². The van der Waals surface area contributed by atoms with Crippen LogP contribution in [0.3, 0.4) is 0 Å². The third-order valence-electron chi connectivity index (χ3n) is 7.58. The number of quaternary nitrogens is 1. The summed E-state index contributed by atoms with van der Waals surface area (Å²) in [6, 6.07) is 0. The molecule has 0 aliphatic carbocycles. The van der Waals surface area contributed by atoms with Crippen molar-refractivity contribution >= 4 is 8.03 Å². The van der Waals surface area contributed by atoms with Crippen molar-refractivity contribution in [2.75, 3.05) is 21.1 Å². The smallest absolute Gasteiger partial charge is 0.376 e. The van der Waals surface area contributed by atoms with Crippen molar-refractivity contribution < 1.29 is 13.9 Å². The van der Waals surface area contributed by atoms with Gasteiger partial charge in [-0.2, -0.15) is 0 Å². The number of hydrogen-bond donors (Lipinski definition) is 0. The van der Waals surface area contributed by atoms with E-state index in [1.807, 2.05) is 21.1 Å². The normalized spacial score (nSPS) is 14.6. The van der Waals surface area contributed by atoms with Gasteiger partial charge in [0.05, 0.1) is 21.1 Å². The predicted octanol–water partition coefficient (Wildman–Crippen LogP) is 9.67. The van der Waals surface area contributed by atoms with Crippen LogP contribution in [0.5, 0.6) is 0 Å². The van der Waals surface area contributed by atoms with Crippen LogP contribution in [0.25, 0.3) is 0 Å². The SMILES string of the molecule is CCCCCCCC/C=C\CCCCCCCCCCCCCC(CCC)([P+](=O)[O-])[N+](C)(C)C. The van der Waals surface area contributed by atoms with E-state index in [4.69, 9.17) is 0 Å². The third-order valence-corrected chi connectivity index (χ3v) is 9.30. The highest BCUT2D eigenvalue weighted by molar-refractivity contribution is 7.38. The van der Waals surface area contributed by atoms with E-state index in [1.165, 1.54) is 116 Å². The summed E-state index contributed by atoms with van der Waals surface area (Å²) in [7, 11) is 3.69. The molecule has 0 saturated carbocycles. The van der Waals surface area contributed by atoms with Gasteiger partial charge in [0.2, 0.25) is 0 Å². The Labute approximate surface area is 215 Å². The van der Waals surface area contributed by atoms with Gasteiger partial charge in [-0.3, -0.25) is 4.48 Å². The van der Waals surface area contributed by atoms with Gasteiger partial charge in [0, 0.05) is 12.8 Å². The summed E-state index contributed by atoms with van der Waals surface area (Å²) in [5.74, 6) is 0. The first-order valence-electron chi connectivity index (χ1n) is 14.9. The van der Waals surface area contributed by atoms with Crippen LogP contribution in [0, 0.1) is 0 Å². The molecule has 0 rings (SSSR count). The van der Waals surface area contributed by atoms with Crippen LogP contribution in [0.4, 0.5) is 0 Å². The predicted molar refractivity (Wildman–Crippen MR) is 150 cm³/mol. The Bertz CT molecular complexity index is 501. The van der Waals surface area contributed by atoms with Crippen molar-refractivity contribution in [3.63, 3.8) is 0 Å². The summed E-state index contributed by atoms with van der Waals surface area (Å²) in [6.45, 7) is 4.38. The molecule has 0 saturated heterocycles. The van der Waals surface area contributed by atoms with Gasteiger partial charge in [-0.1, -0.05) is 120 Å². The zero-order valence-corrected chi connectivity index (χ0v) is 24.8. The molecule has 0 aromatic rings. The summed E-state index contributed by atoms with van der Waals surface area (Å²) in [5.41, 5.74) is 0. The van der Waals surface area contributed by atoms with E-state index >= 15 is 0 Å². The first-order chi connectivity index (χ1) is 16.3. The van der Waals surface area contributed by atoms with Gasteiger partial charge < -0.3 is 4.89 Å². The number of nitrogens with zero attached hydrogens (tertiary/aromatic N) is 1. The molecule has 34 heavy (non-hydrogen) atoms. The number of allylic oxidation sites excluding steroid dienone is 2. The van der Waals surface area contributed by atoms with E-state index in [0.717, 1.165) is 25.7 Å². The molecule has 3 nitrogen and oxygen atoms in total. The second-order valence-corrected chi connectivity index (χ2v) is 12.8. The van der Waals surface area contributed by atoms with Crippen molar-refractivity contribution in [2.45, 2.75) is 160 Å². The minimum Gasteiger partial charge on any atom is -0.590 e. The zero-order chi connectivity index (χ0) is 25.5. The highest BCUT2D eigenvalue weighted by atomic mass is 31.1. The molecule has 4 heteroatoms. The molecule has 2 unspecified atom stereocenters. The standard InChI is InChI=1S/C30H61NO2P/c1-6-8-9-10-11-12-13-14-15-16-17-18-19-20-21-22-23-24-25-26-27-29-30(28-7-2,34(32)33)31(3,4)5/h14-15H,6-13,16-29H2,1-5H3/q+1/b15-14-. The minimum atomic E-state index is -2.42. The molecular weight excluding hydrogens is 437 g/mol. The summed E-state index contributed by atoms with van der Waals surface area (Å²) in [6.07, 6.45) is 32.6. The number of unbranched alkanes of at least 4 members (excludes halogenated alkanes) is 17. The van der Waals surface area contributed by atoms with E-state index < -0.39 is 13.3 Å². The van der Waals surface area contributed by atoms with Crippen molar-refractivity contribution in [3.05, 3.63) is 12.2 Å². The van der Waals surface area contributed by atoms with Crippen LogP contribution in [0.1, 0.15) is 155 Å². The van der Waals surface area contributed by atoms with E-state index in [9.17, 15) is 9.46 Å². The zero-order valence-electron chi connectivity index (χ0n) is 23.9. The maximum Gasteiger partial charge on any atom is 0.376 e. The Hall–Kier alpha value is -0.240. The fourth-order valence-electron chi connectivity index (χ4n) is 5.16. The molecule has 0 fully saturated rings. The van der Waals surface area contributed by atoms with Crippen molar-refractivity contribution in [2.24, 2.45) is 0 Å². The van der Waals surface area contributed by atoms with Crippen molar-refractivity contribution in [1.29, 1.82) is 0 Å². The molecule has 0 aromatic heterocycles. The molecule has 0 aliphatic rings. The summed E-state index contributed by atoms with van der Waals surface area (Å²) in [4.78, 5) is 12.1. The fraction of sp³-hybridized carbons (Fsp3) is 0.933. The van der Waals surface area contributed by atoms with Crippen LogP contribution in [-0.4, -0.2) is 30.9 Å². The van der Waals surface area contributed by atoms with E-state index in [1.54, 1.807) is 0 Å². The third kappa shape index (κ3) is 16.4. The van der Waals surface area contributed by atoms with Gasteiger partial charge in [0.25, 0.3) is 5.28 Å². The Morgan fingerprint density at radius 2 is 0.971 bits per heavy atom. The Morgan fingerprint density at radius 3 is 1.32 bits per heavy atom. The monoisotopic (exact) mass is 498 g/mol. The lowest BCUT2D eigenvalue weighted by atomic mass is 9.99. The Balaban J connectivity index is 3.56. The van der Waals surface area contributed by atoms with Gasteiger partial charge in [-0.05, 0) is 38.5 Å². The van der Waals surface area contributed by atoms with E-state index in [0.29, 0.717) is 4.48 Å². The van der Waals surface area contributed by atoms with Crippen molar-refractivity contribution in [3.8, 4) is 0 Å². The minimum absolute atomic E-state index is 0.523. The molecule has 0 N–H and O–H groups in total. The van der Waals surface area contributed by atoms with Crippen LogP contribution < -0.4 is 4.89 Å². The second kappa shape index (κ2) is 22.0. The lowest BCUT2D eigenvalue weighted by Gasteiger charge is -2.39. The second-order valence-electron chi connectivity index (χ2n) is 11.5. The molecule has 0 radical (unpaired) electrons. The van der Waals surface area contributed by atoms with Crippen LogP contribution in [0.2, 0.25) is 0 Å². The molecule has 0 aromatic carbocycles. The van der Waals surface area contributed by atoms with Gasteiger partial charge >= 0.3 is 8.03 Å². The summed E-state index contributed by atoms with van der Waals surface area (Å²) >= 11 is 0. The summed E-state index contributed by atoms with van der Waals surface area (Å²) < 4.78 is 12.6. The highest BCUT2D eigenvalue weighted by Crippen LogP contribution is 2.45. The van der Waals surface area contributed by atoms with Crippen LogP contribution in [0.15, 0.2) is 12.2 Å². The molecule has 0 spiro atoms. The van der Waals surface area contributed by atoms with Crippen LogP contribution in [-0.2, 0) is 4.57 Å². The van der Waals surface area contributed by atoms with E-state index in [-0.39, 0.29) is 0 Å². The lowest BCUT2D eigenvalue weighted by molar-refractivity contribution is -0.910. The van der Waals surface area contributed by atoms with Crippen LogP contribution >= 0.6 is 8.03 Å². The van der Waals surface area contributed by atoms with Gasteiger partial charge in [-0.25, -0.2) is 0 Å². The average molecular weight is 499 g/mol. The first kappa shape index (κ1) is 33.8. The van der Waals surface area contributed by atoms with E-state index in [2.05, 4.69) is 26.0 Å². The molecule has 0 amide bonds. The average Bonchev–Trinajstić information content (AvgIpc) is 2.78. The van der Waals surface area contributed by atoms with Gasteiger partial charge in [-0.15, -0.1) is 0 Å². The number of rotatable bonds is 25. The van der Waals surface area contributed by atoms with Gasteiger partial charge in [0.15, 0.2) is 0 Å². The lowest BCUT2D eigenvalue weighted by Crippen LogP contribution is -2.55. The largest absolute Gasteiger partial charge is 0.590 e. The Kier molecular flexibility index (Phi) is 21.8. The Morgan fingerprint density at radius 1 is 0.588 bits per heavy atom. The maximum atomic E-state index is 12.1. The molecule has 0 heterocycles. The molecule has 2 atom stereocenters. The molecular formula is C30H61NO2P+. The quantitative estimate of drug-likeness (QED) is 0.0544. The maximum absolute atomic E-state index is 12.1. The molecule has 0 bridgehead atoms. The molecule has 202 valence electrons. The molecule has 0 aliphatic heterocycles. The highest BCUT2D eigenvalue weighted by Gasteiger charge is 2.53. The number of hydrogen-bond acceptors (Lipinski definition) is 2. The van der Waals surface area contributed by atoms with Crippen molar-refractivity contribution in [1.82, 2.24) is 0 Å². The topological polar surface area (TPSA) is 40.1 Å². The summed E-state index contributed by atoms with van der Waals surface area (Å²) in [5, 5.41) is -0.590. The fourth-order valence-corrected chi connectivity index (χ4v) is 6.40. The first-order valence-corrected chi connectivity index (χ1v) is 16.1.